The van der Waals surface area contributed by atoms with E-state index in [0.29, 0.717) is 13.0 Å². The Labute approximate surface area is 294 Å². The van der Waals surface area contributed by atoms with Crippen LogP contribution < -0.4 is 10.6 Å². The molecular formula is C40H47N3O7. The zero-order chi connectivity index (χ0) is 35.9. The van der Waals surface area contributed by atoms with E-state index in [-0.39, 0.29) is 63.4 Å². The number of nitrogens with zero attached hydrogens (tertiary/aromatic N) is 1. The number of hydrogen-bond acceptors (Lipinski definition) is 7. The van der Waals surface area contributed by atoms with Crippen molar-refractivity contribution in [3.63, 3.8) is 0 Å². The summed E-state index contributed by atoms with van der Waals surface area (Å²) in [6.07, 6.45) is 3.37. The third-order valence-electron chi connectivity index (χ3n) is 8.63. The summed E-state index contributed by atoms with van der Waals surface area (Å²) in [6.45, 7) is 9.33. The quantitative estimate of drug-likeness (QED) is 0.112. The molecule has 10 nitrogen and oxygen atoms in total. The van der Waals surface area contributed by atoms with E-state index in [4.69, 9.17) is 9.47 Å². The van der Waals surface area contributed by atoms with Crippen LogP contribution >= 0.6 is 0 Å². The topological polar surface area (TPSA) is 134 Å². The largest absolute Gasteiger partial charge is 0.462 e. The Morgan fingerprint density at radius 3 is 2.14 bits per heavy atom. The molecule has 3 atom stereocenters. The number of aliphatic hydroxyl groups excluding tert-OH is 1. The lowest BCUT2D eigenvalue weighted by atomic mass is 9.98. The van der Waals surface area contributed by atoms with Gasteiger partial charge in [0.15, 0.2) is 0 Å². The number of ether oxygens (including phenoxy) is 2. The normalized spacial score (nSPS) is 13.5. The third-order valence-corrected chi connectivity index (χ3v) is 8.63. The molecule has 1 aliphatic carbocycles. The number of allylic oxidation sites excluding steroid dienone is 2. The van der Waals surface area contributed by atoms with Gasteiger partial charge in [0.25, 0.3) is 0 Å². The second-order valence-electron chi connectivity index (χ2n) is 12.4. The van der Waals surface area contributed by atoms with Crippen molar-refractivity contribution in [2.24, 2.45) is 5.92 Å². The van der Waals surface area contributed by atoms with E-state index in [0.717, 1.165) is 27.8 Å². The van der Waals surface area contributed by atoms with E-state index >= 15 is 0 Å². The number of amides is 3. The Hall–Kier alpha value is -5.22. The van der Waals surface area contributed by atoms with E-state index < -0.39 is 30.1 Å². The first kappa shape index (κ1) is 37.6. The molecular weight excluding hydrogens is 634 g/mol. The first-order valence-corrected chi connectivity index (χ1v) is 17.0. The molecule has 0 radical (unpaired) electrons. The van der Waals surface area contributed by atoms with Crippen molar-refractivity contribution in [2.45, 2.75) is 57.2 Å². The predicted octanol–water partition coefficient (Wildman–Crippen LogP) is 5.51. The van der Waals surface area contributed by atoms with Crippen LogP contribution in [0.1, 0.15) is 55.2 Å². The van der Waals surface area contributed by atoms with E-state index in [1.54, 1.807) is 19.1 Å². The van der Waals surface area contributed by atoms with Crippen molar-refractivity contribution in [1.29, 1.82) is 0 Å². The summed E-state index contributed by atoms with van der Waals surface area (Å²) in [4.78, 5) is 54.0. The van der Waals surface area contributed by atoms with Crippen LogP contribution in [0, 0.1) is 5.92 Å². The molecule has 10 heteroatoms. The van der Waals surface area contributed by atoms with Gasteiger partial charge in [0.05, 0.1) is 18.6 Å². The molecule has 3 unspecified atom stereocenters. The standard InChI is InChI=1S/C40H47N3O7/c1-4-6-21-36(42-40(48)50-27-35-33-19-12-10-17-31(33)32-18-11-13-20-34(32)35)39(47)49-26-28(3)41-38(46)30(14-5-2)24-37(45)43(22-23-44)25-29-15-8-7-9-16-29/h4-5,7-13,15-20,28,30,35-36,44H,1-2,6,14,21-27H2,3H3,(H,41,46)(H,42,48). The number of alkyl carbamates (subject to hydrolysis) is 1. The molecule has 0 fully saturated rings. The number of esters is 1. The number of aliphatic hydroxyl groups is 1. The van der Waals surface area contributed by atoms with Crippen LogP contribution in [0.15, 0.2) is 104 Å². The zero-order valence-corrected chi connectivity index (χ0v) is 28.6. The number of fused-ring (bicyclic) bond motifs is 3. The zero-order valence-electron chi connectivity index (χ0n) is 28.6. The Kier molecular flexibility index (Phi) is 14.4. The molecule has 1 aliphatic rings. The minimum absolute atomic E-state index is 0.0785. The van der Waals surface area contributed by atoms with Crippen molar-refractivity contribution in [2.75, 3.05) is 26.4 Å². The fourth-order valence-electron chi connectivity index (χ4n) is 6.07. The molecule has 0 saturated heterocycles. The highest BCUT2D eigenvalue weighted by Crippen LogP contribution is 2.44. The van der Waals surface area contributed by atoms with E-state index in [1.165, 1.54) is 4.90 Å². The van der Waals surface area contributed by atoms with Gasteiger partial charge in [-0.2, -0.15) is 0 Å². The minimum Gasteiger partial charge on any atom is -0.462 e. The van der Waals surface area contributed by atoms with Gasteiger partial charge in [0.2, 0.25) is 11.8 Å². The van der Waals surface area contributed by atoms with Crippen molar-refractivity contribution in [3.8, 4) is 11.1 Å². The number of nitrogens with one attached hydrogen (secondary N) is 2. The Bertz CT molecular complexity index is 1580. The van der Waals surface area contributed by atoms with Gasteiger partial charge in [-0.15, -0.1) is 13.2 Å². The van der Waals surface area contributed by atoms with E-state index in [9.17, 15) is 24.3 Å². The predicted molar refractivity (Wildman–Crippen MR) is 192 cm³/mol. The number of hydrogen-bond donors (Lipinski definition) is 3. The SMILES string of the molecule is C=CCCC(NC(=O)OCC1c2ccccc2-c2ccccc21)C(=O)OCC(C)NC(=O)C(CC=C)CC(=O)N(CCO)Cc1ccccc1. The van der Waals surface area contributed by atoms with Crippen LogP contribution in [0.5, 0.6) is 0 Å². The third kappa shape index (κ3) is 10.4. The maximum atomic E-state index is 13.2. The lowest BCUT2D eigenvalue weighted by Crippen LogP contribution is -2.45. The van der Waals surface area contributed by atoms with Gasteiger partial charge in [-0.25, -0.2) is 9.59 Å². The molecule has 0 aromatic heterocycles. The fourth-order valence-corrected chi connectivity index (χ4v) is 6.07. The molecule has 50 heavy (non-hydrogen) atoms. The maximum Gasteiger partial charge on any atom is 0.407 e. The van der Waals surface area contributed by atoms with E-state index in [2.05, 4.69) is 35.9 Å². The van der Waals surface area contributed by atoms with Crippen molar-refractivity contribution in [1.82, 2.24) is 15.5 Å². The summed E-state index contributed by atoms with van der Waals surface area (Å²) in [5.41, 5.74) is 5.29. The summed E-state index contributed by atoms with van der Waals surface area (Å²) in [5, 5.41) is 15.0. The first-order valence-electron chi connectivity index (χ1n) is 17.0. The monoisotopic (exact) mass is 681 g/mol. The highest BCUT2D eigenvalue weighted by Gasteiger charge is 2.30. The van der Waals surface area contributed by atoms with Gasteiger partial charge >= 0.3 is 12.1 Å². The maximum absolute atomic E-state index is 13.2. The molecule has 0 bridgehead atoms. The Morgan fingerprint density at radius 1 is 0.880 bits per heavy atom. The van der Waals surface area contributed by atoms with Gasteiger partial charge in [0.1, 0.15) is 19.3 Å². The van der Waals surface area contributed by atoms with Crippen molar-refractivity contribution < 1.29 is 33.8 Å². The summed E-state index contributed by atoms with van der Waals surface area (Å²) in [5.74, 6) is -2.15. The minimum atomic E-state index is -0.986. The molecule has 264 valence electrons. The fraction of sp³-hybridized carbons (Fsp3) is 0.350. The van der Waals surface area contributed by atoms with Gasteiger partial charge < -0.3 is 30.1 Å². The van der Waals surface area contributed by atoms with Crippen molar-refractivity contribution >= 4 is 23.9 Å². The molecule has 3 N–H and O–H groups in total. The molecule has 4 rings (SSSR count). The van der Waals surface area contributed by atoms with Gasteiger partial charge in [0, 0.05) is 25.4 Å². The van der Waals surface area contributed by atoms with Crippen LogP contribution in [0.4, 0.5) is 4.79 Å². The van der Waals surface area contributed by atoms with Gasteiger partial charge in [-0.05, 0) is 54.0 Å². The van der Waals surface area contributed by atoms with Crippen LogP contribution in [-0.4, -0.2) is 72.3 Å². The lowest BCUT2D eigenvalue weighted by molar-refractivity contribution is -0.147. The number of benzene rings is 3. The van der Waals surface area contributed by atoms with E-state index in [1.807, 2.05) is 66.7 Å². The molecule has 0 saturated carbocycles. The van der Waals surface area contributed by atoms with Crippen LogP contribution in [0.3, 0.4) is 0 Å². The molecule has 3 amide bonds. The van der Waals surface area contributed by atoms with Crippen LogP contribution in [-0.2, 0) is 30.4 Å². The average Bonchev–Trinajstić information content (AvgIpc) is 3.44. The smallest absolute Gasteiger partial charge is 0.407 e. The molecule has 0 aliphatic heterocycles. The second-order valence-corrected chi connectivity index (χ2v) is 12.4. The number of rotatable bonds is 19. The lowest BCUT2D eigenvalue weighted by Gasteiger charge is -2.25. The Balaban J connectivity index is 1.28. The highest BCUT2D eigenvalue weighted by molar-refractivity contribution is 5.86. The Morgan fingerprint density at radius 2 is 1.52 bits per heavy atom. The summed E-state index contributed by atoms with van der Waals surface area (Å²) in [6, 6.07) is 23.9. The first-order chi connectivity index (χ1) is 24.2. The van der Waals surface area contributed by atoms with Crippen molar-refractivity contribution in [3.05, 3.63) is 121 Å². The molecule has 3 aromatic carbocycles. The van der Waals surface area contributed by atoms with Crippen LogP contribution in [0.25, 0.3) is 11.1 Å². The molecule has 3 aromatic rings. The average molecular weight is 682 g/mol. The highest BCUT2D eigenvalue weighted by atomic mass is 16.6. The number of carbonyl (C=O) groups excluding carboxylic acids is 4. The van der Waals surface area contributed by atoms with Crippen LogP contribution in [0.2, 0.25) is 0 Å². The second kappa shape index (κ2) is 19.1. The summed E-state index contributed by atoms with van der Waals surface area (Å²) < 4.78 is 11.1. The molecule has 0 spiro atoms. The molecule has 0 heterocycles. The van der Waals surface area contributed by atoms with Gasteiger partial charge in [-0.3, -0.25) is 9.59 Å². The summed E-state index contributed by atoms with van der Waals surface area (Å²) in [7, 11) is 0. The number of carbonyl (C=O) groups is 4. The summed E-state index contributed by atoms with van der Waals surface area (Å²) >= 11 is 0. The van der Waals surface area contributed by atoms with Gasteiger partial charge in [-0.1, -0.05) is 91.0 Å².